The Balaban J connectivity index is 4.87. The van der Waals surface area contributed by atoms with Crippen LogP contribution in [-0.4, -0.2) is 79.7 Å². The van der Waals surface area contributed by atoms with E-state index in [0.717, 1.165) is 58.2 Å². The van der Waals surface area contributed by atoms with Crippen molar-refractivity contribution in [2.75, 3.05) is 45.9 Å². The van der Waals surface area contributed by atoms with Gasteiger partial charge in [0.2, 0.25) is 0 Å². The SMILES string of the molecule is CCCCCC/C=C\COC(=O)CCCN(CCCC(=O)OC(CCCCCCC)CCCCCCCC)C(=O)NCCCN(CC)CC. The maximum atomic E-state index is 13.2. The number of hydrogen-bond acceptors (Lipinski definition) is 6. The van der Waals surface area contributed by atoms with Crippen molar-refractivity contribution in [3.05, 3.63) is 12.2 Å². The van der Waals surface area contributed by atoms with Crippen LogP contribution in [0.2, 0.25) is 0 Å². The number of amides is 2. The van der Waals surface area contributed by atoms with E-state index in [1.807, 2.05) is 6.08 Å². The molecule has 2 amide bonds. The minimum Gasteiger partial charge on any atom is -0.462 e. The van der Waals surface area contributed by atoms with Crippen molar-refractivity contribution in [1.29, 1.82) is 0 Å². The third kappa shape index (κ3) is 30.5. The molecule has 0 aliphatic heterocycles. The van der Waals surface area contributed by atoms with E-state index >= 15 is 0 Å². The van der Waals surface area contributed by atoms with Gasteiger partial charge in [-0.2, -0.15) is 0 Å². The number of carbonyl (C=O) groups is 3. The smallest absolute Gasteiger partial charge is 0.317 e. The molecule has 0 aliphatic carbocycles. The molecule has 288 valence electrons. The summed E-state index contributed by atoms with van der Waals surface area (Å²) in [6.45, 7) is 15.7. The van der Waals surface area contributed by atoms with Crippen LogP contribution in [0.3, 0.4) is 0 Å². The van der Waals surface area contributed by atoms with Gasteiger partial charge in [-0.25, -0.2) is 4.79 Å². The van der Waals surface area contributed by atoms with Crippen LogP contribution < -0.4 is 5.32 Å². The predicted octanol–water partition coefficient (Wildman–Crippen LogP) is 10.4. The van der Waals surface area contributed by atoms with E-state index in [1.54, 1.807) is 4.90 Å². The first-order valence-corrected chi connectivity index (χ1v) is 20.7. The predicted molar refractivity (Wildman–Crippen MR) is 206 cm³/mol. The molecule has 0 aromatic rings. The third-order valence-corrected chi connectivity index (χ3v) is 9.27. The Hall–Kier alpha value is -2.09. The van der Waals surface area contributed by atoms with Crippen molar-refractivity contribution in [1.82, 2.24) is 15.1 Å². The first kappa shape index (κ1) is 46.9. The summed E-state index contributed by atoms with van der Waals surface area (Å²) in [4.78, 5) is 42.5. The van der Waals surface area contributed by atoms with Crippen LogP contribution in [0.1, 0.15) is 182 Å². The zero-order valence-electron chi connectivity index (χ0n) is 32.9. The summed E-state index contributed by atoms with van der Waals surface area (Å²) in [6.07, 6.45) is 27.7. The van der Waals surface area contributed by atoms with Gasteiger partial charge in [0.25, 0.3) is 0 Å². The van der Waals surface area contributed by atoms with Crippen LogP contribution in [0.15, 0.2) is 12.2 Å². The quantitative estimate of drug-likeness (QED) is 0.0404. The summed E-state index contributed by atoms with van der Waals surface area (Å²) in [5, 5.41) is 3.06. The molecular weight excluding hydrogens is 614 g/mol. The lowest BCUT2D eigenvalue weighted by atomic mass is 10.0. The Kier molecular flexibility index (Phi) is 34.2. The second-order valence-electron chi connectivity index (χ2n) is 13.7. The molecule has 0 fully saturated rings. The lowest BCUT2D eigenvalue weighted by Crippen LogP contribution is -2.42. The zero-order valence-corrected chi connectivity index (χ0v) is 32.9. The van der Waals surface area contributed by atoms with Crippen LogP contribution in [0, 0.1) is 0 Å². The standard InChI is InChI=1S/C41H79N3O5/c1-6-11-14-17-19-22-25-37-48-39(45)31-26-35-44(41(47)42-33-28-34-43(9-4)10-5)36-27-32-40(46)49-38(29-23-20-16-13-8-3)30-24-21-18-15-12-7-2/h22,25,38H,6-21,23-24,26-37H2,1-5H3,(H,42,47)/b25-22-. The van der Waals surface area contributed by atoms with E-state index in [0.29, 0.717) is 45.5 Å². The number of hydrogen-bond donors (Lipinski definition) is 1. The highest BCUT2D eigenvalue weighted by atomic mass is 16.5. The normalized spacial score (nSPS) is 12.0. The van der Waals surface area contributed by atoms with E-state index in [-0.39, 0.29) is 30.5 Å². The fourth-order valence-corrected chi connectivity index (χ4v) is 6.02. The molecular formula is C41H79N3O5. The Morgan fingerprint density at radius 3 is 1.69 bits per heavy atom. The Bertz CT molecular complexity index is 802. The number of carbonyl (C=O) groups excluding carboxylic acids is 3. The van der Waals surface area contributed by atoms with Gasteiger partial charge in [0.1, 0.15) is 12.7 Å². The molecule has 49 heavy (non-hydrogen) atoms. The van der Waals surface area contributed by atoms with Crippen molar-refractivity contribution >= 4 is 18.0 Å². The summed E-state index contributed by atoms with van der Waals surface area (Å²) in [7, 11) is 0. The van der Waals surface area contributed by atoms with E-state index in [4.69, 9.17) is 9.47 Å². The summed E-state index contributed by atoms with van der Waals surface area (Å²) in [6, 6.07) is -0.139. The topological polar surface area (TPSA) is 88.2 Å². The number of nitrogens with zero attached hydrogens (tertiary/aromatic N) is 2. The van der Waals surface area contributed by atoms with Gasteiger partial charge in [0.15, 0.2) is 0 Å². The minimum atomic E-state index is -0.245. The molecule has 0 saturated heterocycles. The molecule has 8 heteroatoms. The van der Waals surface area contributed by atoms with Crippen molar-refractivity contribution in [2.45, 2.75) is 188 Å². The molecule has 0 bridgehead atoms. The molecule has 0 spiro atoms. The van der Waals surface area contributed by atoms with Crippen molar-refractivity contribution in [3.63, 3.8) is 0 Å². The highest BCUT2D eigenvalue weighted by Gasteiger charge is 2.17. The van der Waals surface area contributed by atoms with Gasteiger partial charge in [-0.3, -0.25) is 9.59 Å². The highest BCUT2D eigenvalue weighted by molar-refractivity contribution is 5.74. The number of esters is 2. The van der Waals surface area contributed by atoms with Gasteiger partial charge < -0.3 is 24.6 Å². The summed E-state index contributed by atoms with van der Waals surface area (Å²) < 4.78 is 11.4. The van der Waals surface area contributed by atoms with Crippen molar-refractivity contribution < 1.29 is 23.9 Å². The van der Waals surface area contributed by atoms with Crippen molar-refractivity contribution in [3.8, 4) is 0 Å². The fraction of sp³-hybridized carbons (Fsp3) is 0.878. The Morgan fingerprint density at radius 2 is 1.12 bits per heavy atom. The van der Waals surface area contributed by atoms with Crippen LogP contribution in [0.4, 0.5) is 4.79 Å². The van der Waals surface area contributed by atoms with Crippen LogP contribution in [0.5, 0.6) is 0 Å². The number of nitrogens with one attached hydrogen (secondary N) is 1. The monoisotopic (exact) mass is 694 g/mol. The largest absolute Gasteiger partial charge is 0.462 e. The fourth-order valence-electron chi connectivity index (χ4n) is 6.02. The van der Waals surface area contributed by atoms with Gasteiger partial charge in [0.05, 0.1) is 0 Å². The number of urea groups is 1. The summed E-state index contributed by atoms with van der Waals surface area (Å²) in [5.41, 5.74) is 0. The van der Waals surface area contributed by atoms with E-state index < -0.39 is 0 Å². The molecule has 0 aromatic heterocycles. The Labute approximate surface area is 302 Å². The summed E-state index contributed by atoms with van der Waals surface area (Å²) >= 11 is 0. The molecule has 0 aromatic carbocycles. The number of ether oxygens (including phenoxy) is 2. The van der Waals surface area contributed by atoms with Gasteiger partial charge >= 0.3 is 18.0 Å². The lowest BCUT2D eigenvalue weighted by molar-refractivity contribution is -0.150. The van der Waals surface area contributed by atoms with Gasteiger partial charge in [0, 0.05) is 32.5 Å². The number of rotatable bonds is 35. The molecule has 8 nitrogen and oxygen atoms in total. The van der Waals surface area contributed by atoms with E-state index in [1.165, 1.54) is 83.5 Å². The minimum absolute atomic E-state index is 0.00701. The first-order valence-electron chi connectivity index (χ1n) is 20.7. The van der Waals surface area contributed by atoms with Crippen LogP contribution in [-0.2, 0) is 19.1 Å². The van der Waals surface area contributed by atoms with Crippen LogP contribution >= 0.6 is 0 Å². The number of allylic oxidation sites excluding steroid dienone is 1. The molecule has 0 radical (unpaired) electrons. The second kappa shape index (κ2) is 35.7. The van der Waals surface area contributed by atoms with Crippen LogP contribution in [0.25, 0.3) is 0 Å². The van der Waals surface area contributed by atoms with Gasteiger partial charge in [-0.15, -0.1) is 0 Å². The maximum Gasteiger partial charge on any atom is 0.317 e. The molecule has 0 heterocycles. The molecule has 1 N–H and O–H groups in total. The Morgan fingerprint density at radius 1 is 0.592 bits per heavy atom. The summed E-state index contributed by atoms with van der Waals surface area (Å²) in [5.74, 6) is -0.406. The molecule has 0 saturated carbocycles. The zero-order chi connectivity index (χ0) is 36.2. The second-order valence-corrected chi connectivity index (χ2v) is 13.7. The average molecular weight is 694 g/mol. The average Bonchev–Trinajstić information content (AvgIpc) is 3.09. The lowest BCUT2D eigenvalue weighted by Gasteiger charge is -2.24. The first-order chi connectivity index (χ1) is 23.9. The molecule has 1 unspecified atom stereocenters. The van der Waals surface area contributed by atoms with Gasteiger partial charge in [-0.1, -0.05) is 124 Å². The molecule has 0 rings (SSSR count). The van der Waals surface area contributed by atoms with Gasteiger partial charge in [-0.05, 0) is 77.4 Å². The van der Waals surface area contributed by atoms with E-state index in [2.05, 4.69) is 50.9 Å². The number of unbranched alkanes of at least 4 members (excludes halogenated alkanes) is 13. The van der Waals surface area contributed by atoms with Crippen molar-refractivity contribution in [2.24, 2.45) is 0 Å². The maximum absolute atomic E-state index is 13.2. The molecule has 1 atom stereocenters. The van der Waals surface area contributed by atoms with E-state index in [9.17, 15) is 14.4 Å². The molecule has 0 aliphatic rings. The highest BCUT2D eigenvalue weighted by Crippen LogP contribution is 2.18. The third-order valence-electron chi connectivity index (χ3n) is 9.27.